The fourth-order valence-corrected chi connectivity index (χ4v) is 2.90. The van der Waals surface area contributed by atoms with E-state index in [-0.39, 0.29) is 18.9 Å². The second-order valence-electron chi connectivity index (χ2n) is 6.27. The Balaban J connectivity index is 1.66. The quantitative estimate of drug-likeness (QED) is 0.671. The van der Waals surface area contributed by atoms with E-state index >= 15 is 0 Å². The van der Waals surface area contributed by atoms with Gasteiger partial charge in [-0.1, -0.05) is 18.2 Å². The van der Waals surface area contributed by atoms with Crippen LogP contribution < -0.4 is 5.32 Å². The van der Waals surface area contributed by atoms with Gasteiger partial charge in [-0.3, -0.25) is 9.89 Å². The molecule has 6 heteroatoms. The van der Waals surface area contributed by atoms with Crippen molar-refractivity contribution in [2.24, 2.45) is 0 Å². The van der Waals surface area contributed by atoms with Gasteiger partial charge in [-0.15, -0.1) is 0 Å². The number of aromatic nitrogens is 2. The number of nitrogens with zero attached hydrogens (tertiary/aromatic N) is 1. The number of nitrogens with one attached hydrogen (secondary N) is 2. The van der Waals surface area contributed by atoms with Crippen molar-refractivity contribution in [3.05, 3.63) is 53.1 Å². The van der Waals surface area contributed by atoms with Crippen LogP contribution in [0.4, 0.5) is 0 Å². The maximum Gasteiger partial charge on any atom is 0.226 e. The molecule has 1 atom stereocenters. The number of aliphatic hydroxyl groups is 1. The summed E-state index contributed by atoms with van der Waals surface area (Å²) in [7, 11) is 0. The molecule has 1 aromatic carbocycles. The molecule has 0 fully saturated rings. The van der Waals surface area contributed by atoms with Crippen molar-refractivity contribution in [2.75, 3.05) is 6.54 Å². The van der Waals surface area contributed by atoms with Gasteiger partial charge in [-0.2, -0.15) is 5.10 Å². The van der Waals surface area contributed by atoms with Crippen LogP contribution in [0.25, 0.3) is 10.9 Å². The largest absolute Gasteiger partial charge is 0.466 e. The second kappa shape index (κ2) is 6.13. The summed E-state index contributed by atoms with van der Waals surface area (Å²) in [6.07, 6.45) is 0.181. The number of aryl methyl sites for hydroxylation is 2. The maximum absolute atomic E-state index is 12.2. The number of amides is 1. The molecule has 126 valence electrons. The number of carbonyl (C=O) groups is 1. The SMILES string of the molecule is Cc1cc([C@@](C)(O)CNC(=O)Cc2[nH]nc3ccccc23)c(C)o1. The molecule has 0 radical (unpaired) electrons. The van der Waals surface area contributed by atoms with E-state index in [0.717, 1.165) is 22.4 Å². The molecule has 0 saturated carbocycles. The summed E-state index contributed by atoms with van der Waals surface area (Å²) in [5, 5.41) is 21.4. The number of hydrogen-bond acceptors (Lipinski definition) is 4. The molecule has 0 aliphatic heterocycles. The molecule has 1 amide bonds. The Morgan fingerprint density at radius 2 is 2.12 bits per heavy atom. The van der Waals surface area contributed by atoms with Crippen LogP contribution in [0.3, 0.4) is 0 Å². The highest BCUT2D eigenvalue weighted by Gasteiger charge is 2.28. The third-order valence-electron chi connectivity index (χ3n) is 4.13. The highest BCUT2D eigenvalue weighted by Crippen LogP contribution is 2.26. The van der Waals surface area contributed by atoms with Crippen molar-refractivity contribution >= 4 is 16.8 Å². The topological polar surface area (TPSA) is 91.2 Å². The van der Waals surface area contributed by atoms with Gasteiger partial charge in [-0.05, 0) is 32.9 Å². The van der Waals surface area contributed by atoms with Gasteiger partial charge in [0, 0.05) is 10.9 Å². The van der Waals surface area contributed by atoms with E-state index in [1.165, 1.54) is 0 Å². The number of rotatable bonds is 5. The number of aromatic amines is 1. The lowest BCUT2D eigenvalue weighted by molar-refractivity contribution is -0.121. The van der Waals surface area contributed by atoms with E-state index in [4.69, 9.17) is 4.42 Å². The summed E-state index contributed by atoms with van der Waals surface area (Å²) >= 11 is 0. The first-order valence-corrected chi connectivity index (χ1v) is 7.85. The highest BCUT2D eigenvalue weighted by atomic mass is 16.3. The van der Waals surface area contributed by atoms with Crippen molar-refractivity contribution in [3.8, 4) is 0 Å². The molecule has 2 aromatic heterocycles. The van der Waals surface area contributed by atoms with Crippen molar-refractivity contribution in [2.45, 2.75) is 32.8 Å². The third kappa shape index (κ3) is 3.19. The van der Waals surface area contributed by atoms with Crippen molar-refractivity contribution in [1.29, 1.82) is 0 Å². The molecule has 0 aliphatic carbocycles. The first-order chi connectivity index (χ1) is 11.4. The van der Waals surface area contributed by atoms with Gasteiger partial charge in [-0.25, -0.2) is 0 Å². The lowest BCUT2D eigenvalue weighted by atomic mass is 9.96. The van der Waals surface area contributed by atoms with Gasteiger partial charge >= 0.3 is 0 Å². The van der Waals surface area contributed by atoms with Crippen LogP contribution in [0, 0.1) is 13.8 Å². The monoisotopic (exact) mass is 327 g/mol. The first kappa shape index (κ1) is 16.3. The minimum Gasteiger partial charge on any atom is -0.466 e. The zero-order valence-corrected chi connectivity index (χ0v) is 14.0. The summed E-state index contributed by atoms with van der Waals surface area (Å²) < 4.78 is 5.46. The lowest BCUT2D eigenvalue weighted by Gasteiger charge is -2.23. The number of hydrogen-bond donors (Lipinski definition) is 3. The van der Waals surface area contributed by atoms with Crippen LogP contribution in [0.5, 0.6) is 0 Å². The van der Waals surface area contributed by atoms with Gasteiger partial charge in [0.05, 0.1) is 24.2 Å². The van der Waals surface area contributed by atoms with Gasteiger partial charge in [0.1, 0.15) is 17.1 Å². The van der Waals surface area contributed by atoms with E-state index in [9.17, 15) is 9.90 Å². The van der Waals surface area contributed by atoms with E-state index in [0.29, 0.717) is 11.3 Å². The standard InChI is InChI=1S/C18H21N3O3/c1-11-8-14(12(2)24-11)18(3,23)10-19-17(22)9-16-13-6-4-5-7-15(13)20-21-16/h4-8,23H,9-10H2,1-3H3,(H,19,22)(H,20,21)/t18-/m0/s1. The Labute approximate surface area is 139 Å². The number of H-pyrrole nitrogens is 1. The highest BCUT2D eigenvalue weighted by molar-refractivity contribution is 5.87. The minimum absolute atomic E-state index is 0.109. The second-order valence-corrected chi connectivity index (χ2v) is 6.27. The Bertz CT molecular complexity index is 877. The van der Waals surface area contributed by atoms with Crippen LogP contribution in [-0.4, -0.2) is 27.8 Å². The Hall–Kier alpha value is -2.60. The molecule has 3 rings (SSSR count). The van der Waals surface area contributed by atoms with Gasteiger partial charge in [0.25, 0.3) is 0 Å². The number of para-hydroxylation sites is 1. The average molecular weight is 327 g/mol. The molecular weight excluding hydrogens is 306 g/mol. The normalized spacial score (nSPS) is 13.8. The number of carbonyl (C=O) groups excluding carboxylic acids is 1. The zero-order valence-electron chi connectivity index (χ0n) is 14.0. The molecule has 6 nitrogen and oxygen atoms in total. The van der Waals surface area contributed by atoms with Crippen LogP contribution >= 0.6 is 0 Å². The molecular formula is C18H21N3O3. The van der Waals surface area contributed by atoms with Gasteiger partial charge in [0.2, 0.25) is 5.91 Å². The lowest BCUT2D eigenvalue weighted by Crippen LogP contribution is -2.39. The zero-order chi connectivity index (χ0) is 17.3. The third-order valence-corrected chi connectivity index (χ3v) is 4.13. The Morgan fingerprint density at radius 3 is 2.83 bits per heavy atom. The number of furan rings is 1. The van der Waals surface area contributed by atoms with Gasteiger partial charge in [0.15, 0.2) is 0 Å². The molecule has 0 bridgehead atoms. The summed E-state index contributed by atoms with van der Waals surface area (Å²) in [6, 6.07) is 9.43. The number of fused-ring (bicyclic) bond motifs is 1. The number of benzene rings is 1. The molecule has 0 aliphatic rings. The average Bonchev–Trinajstić information content (AvgIpc) is 3.09. The molecule has 3 aromatic rings. The summed E-state index contributed by atoms with van der Waals surface area (Å²) in [4.78, 5) is 12.2. The van der Waals surface area contributed by atoms with E-state index in [1.807, 2.05) is 31.2 Å². The van der Waals surface area contributed by atoms with E-state index < -0.39 is 5.60 Å². The van der Waals surface area contributed by atoms with Crippen LogP contribution in [-0.2, 0) is 16.8 Å². The Morgan fingerprint density at radius 1 is 1.38 bits per heavy atom. The van der Waals surface area contributed by atoms with Gasteiger partial charge < -0.3 is 14.8 Å². The predicted molar refractivity (Wildman–Crippen MR) is 90.6 cm³/mol. The molecule has 24 heavy (non-hydrogen) atoms. The molecule has 0 spiro atoms. The predicted octanol–water partition coefficient (Wildman–Crippen LogP) is 2.34. The minimum atomic E-state index is -1.19. The van der Waals surface area contributed by atoms with Crippen LogP contribution in [0.1, 0.15) is 29.7 Å². The molecule has 0 saturated heterocycles. The summed E-state index contributed by atoms with van der Waals surface area (Å²) in [5.41, 5.74) is 1.09. The molecule has 0 unspecified atom stereocenters. The molecule has 2 heterocycles. The summed E-state index contributed by atoms with van der Waals surface area (Å²) in [6.45, 7) is 5.40. The van der Waals surface area contributed by atoms with Crippen molar-refractivity contribution in [3.63, 3.8) is 0 Å². The molecule has 3 N–H and O–H groups in total. The Kier molecular flexibility index (Phi) is 4.15. The van der Waals surface area contributed by atoms with E-state index in [2.05, 4.69) is 15.5 Å². The van der Waals surface area contributed by atoms with E-state index in [1.54, 1.807) is 19.9 Å². The first-order valence-electron chi connectivity index (χ1n) is 7.85. The summed E-state index contributed by atoms with van der Waals surface area (Å²) in [5.74, 6) is 1.21. The smallest absolute Gasteiger partial charge is 0.226 e. The van der Waals surface area contributed by atoms with Crippen molar-refractivity contribution in [1.82, 2.24) is 15.5 Å². The van der Waals surface area contributed by atoms with Crippen LogP contribution in [0.2, 0.25) is 0 Å². The van der Waals surface area contributed by atoms with Crippen molar-refractivity contribution < 1.29 is 14.3 Å². The van der Waals surface area contributed by atoms with Crippen LogP contribution in [0.15, 0.2) is 34.7 Å². The maximum atomic E-state index is 12.2. The fourth-order valence-electron chi connectivity index (χ4n) is 2.90. The fraction of sp³-hybridized carbons (Fsp3) is 0.333.